The maximum Gasteiger partial charge on any atom is 0.416 e. The van der Waals surface area contributed by atoms with Crippen LogP contribution in [0.25, 0.3) is 5.69 Å². The van der Waals surface area contributed by atoms with Gasteiger partial charge >= 0.3 is 6.18 Å². The Morgan fingerprint density at radius 3 is 2.38 bits per heavy atom. The maximum atomic E-state index is 13.9. The SMILES string of the molecule is CC(=O)Nc1ccc(C(F)(F)F)cc1NC(=O)c1ccn(-c2ccccc2F)n1. The molecule has 0 atom stereocenters. The van der Waals surface area contributed by atoms with Crippen molar-refractivity contribution in [2.45, 2.75) is 13.1 Å². The van der Waals surface area contributed by atoms with Gasteiger partial charge in [0.1, 0.15) is 11.5 Å². The third-order valence-corrected chi connectivity index (χ3v) is 3.83. The molecule has 0 saturated heterocycles. The fourth-order valence-corrected chi connectivity index (χ4v) is 2.53. The summed E-state index contributed by atoms with van der Waals surface area (Å²) in [7, 11) is 0. The van der Waals surface area contributed by atoms with E-state index in [9.17, 15) is 27.2 Å². The van der Waals surface area contributed by atoms with Gasteiger partial charge in [-0.25, -0.2) is 9.07 Å². The number of nitrogens with one attached hydrogen (secondary N) is 2. The van der Waals surface area contributed by atoms with Gasteiger partial charge in [0.25, 0.3) is 5.91 Å². The van der Waals surface area contributed by atoms with Crippen LogP contribution in [0.1, 0.15) is 23.0 Å². The quantitative estimate of drug-likeness (QED) is 0.637. The van der Waals surface area contributed by atoms with E-state index >= 15 is 0 Å². The summed E-state index contributed by atoms with van der Waals surface area (Å²) in [6, 6.07) is 9.57. The van der Waals surface area contributed by atoms with Gasteiger partial charge < -0.3 is 10.6 Å². The molecule has 3 rings (SSSR count). The lowest BCUT2D eigenvalue weighted by molar-refractivity contribution is -0.137. The number of anilines is 2. The maximum absolute atomic E-state index is 13.9. The van der Waals surface area contributed by atoms with Crippen molar-refractivity contribution in [1.29, 1.82) is 0 Å². The Morgan fingerprint density at radius 1 is 1.00 bits per heavy atom. The van der Waals surface area contributed by atoms with Crippen LogP contribution >= 0.6 is 0 Å². The molecule has 0 aliphatic heterocycles. The van der Waals surface area contributed by atoms with E-state index in [-0.39, 0.29) is 22.8 Å². The van der Waals surface area contributed by atoms with Crippen LogP contribution in [0.2, 0.25) is 0 Å². The first-order chi connectivity index (χ1) is 13.6. The number of hydrogen-bond donors (Lipinski definition) is 2. The van der Waals surface area contributed by atoms with Gasteiger partial charge in [-0.15, -0.1) is 0 Å². The minimum absolute atomic E-state index is 0.00705. The van der Waals surface area contributed by atoms with Crippen LogP contribution in [-0.4, -0.2) is 21.6 Å². The minimum atomic E-state index is -4.64. The molecule has 1 aromatic heterocycles. The second kappa shape index (κ2) is 7.74. The van der Waals surface area contributed by atoms with Gasteiger partial charge in [-0.1, -0.05) is 12.1 Å². The number of hydrogen-bond acceptors (Lipinski definition) is 3. The molecule has 0 aliphatic carbocycles. The fraction of sp³-hybridized carbons (Fsp3) is 0.105. The molecule has 6 nitrogen and oxygen atoms in total. The number of carbonyl (C=O) groups is 2. The molecule has 29 heavy (non-hydrogen) atoms. The number of amides is 2. The Kier molecular flexibility index (Phi) is 5.35. The Morgan fingerprint density at radius 2 is 1.72 bits per heavy atom. The number of carbonyl (C=O) groups excluding carboxylic acids is 2. The van der Waals surface area contributed by atoms with Crippen LogP contribution in [0.5, 0.6) is 0 Å². The van der Waals surface area contributed by atoms with Crippen molar-refractivity contribution in [3.05, 3.63) is 71.8 Å². The number of halogens is 4. The third kappa shape index (κ3) is 4.60. The topological polar surface area (TPSA) is 76.0 Å². The summed E-state index contributed by atoms with van der Waals surface area (Å²) in [6.45, 7) is 1.18. The average molecular weight is 406 g/mol. The Bertz CT molecular complexity index is 1080. The Labute approximate surface area is 162 Å². The first kappa shape index (κ1) is 20.1. The van der Waals surface area contributed by atoms with E-state index in [1.54, 1.807) is 6.07 Å². The van der Waals surface area contributed by atoms with Crippen LogP contribution in [0.4, 0.5) is 28.9 Å². The Balaban J connectivity index is 1.90. The average Bonchev–Trinajstić information content (AvgIpc) is 3.12. The molecule has 0 radical (unpaired) electrons. The highest BCUT2D eigenvalue weighted by Crippen LogP contribution is 2.34. The standard InChI is InChI=1S/C19H14F4N4O2/c1-11(28)24-14-7-6-12(19(21,22)23)10-16(14)25-18(29)15-8-9-27(26-15)17-5-3-2-4-13(17)20/h2-10H,1H3,(H,24,28)(H,25,29). The normalized spacial score (nSPS) is 11.2. The molecule has 0 fully saturated rings. The van der Waals surface area contributed by atoms with Crippen molar-refractivity contribution < 1.29 is 27.2 Å². The zero-order valence-electron chi connectivity index (χ0n) is 14.9. The van der Waals surface area contributed by atoms with Crippen LogP contribution < -0.4 is 10.6 Å². The van der Waals surface area contributed by atoms with Gasteiger partial charge in [-0.05, 0) is 36.4 Å². The van der Waals surface area contributed by atoms with Gasteiger partial charge in [0.2, 0.25) is 5.91 Å². The first-order valence-electron chi connectivity index (χ1n) is 8.26. The molecule has 1 heterocycles. The van der Waals surface area contributed by atoms with Crippen molar-refractivity contribution in [3.8, 4) is 5.69 Å². The summed E-state index contributed by atoms with van der Waals surface area (Å²) in [6.07, 6.45) is -3.30. The van der Waals surface area contributed by atoms with Gasteiger partial charge in [0.15, 0.2) is 5.69 Å². The number of benzene rings is 2. The molecule has 0 saturated carbocycles. The van der Waals surface area contributed by atoms with E-state index in [2.05, 4.69) is 15.7 Å². The summed E-state index contributed by atoms with van der Waals surface area (Å²) in [5.74, 6) is -1.91. The highest BCUT2D eigenvalue weighted by atomic mass is 19.4. The number of aromatic nitrogens is 2. The van der Waals surface area contributed by atoms with Crippen LogP contribution in [0.3, 0.4) is 0 Å². The lowest BCUT2D eigenvalue weighted by atomic mass is 10.1. The first-order valence-corrected chi connectivity index (χ1v) is 8.26. The molecular weight excluding hydrogens is 392 g/mol. The number of rotatable bonds is 4. The van der Waals surface area contributed by atoms with Crippen LogP contribution in [0, 0.1) is 5.82 Å². The highest BCUT2D eigenvalue weighted by molar-refractivity contribution is 6.06. The summed E-state index contributed by atoms with van der Waals surface area (Å²) in [5.41, 5.74) is -1.31. The minimum Gasteiger partial charge on any atom is -0.325 e. The zero-order valence-corrected chi connectivity index (χ0v) is 14.9. The molecule has 2 amide bonds. The molecule has 0 spiro atoms. The van der Waals surface area contributed by atoms with E-state index in [4.69, 9.17) is 0 Å². The van der Waals surface area contributed by atoms with Crippen molar-refractivity contribution in [3.63, 3.8) is 0 Å². The lowest BCUT2D eigenvalue weighted by Crippen LogP contribution is -2.17. The number of nitrogens with zero attached hydrogens (tertiary/aromatic N) is 2. The summed E-state index contributed by atoms with van der Waals surface area (Å²) in [4.78, 5) is 23.8. The molecule has 2 N–H and O–H groups in total. The largest absolute Gasteiger partial charge is 0.416 e. The van der Waals surface area contributed by atoms with Crippen molar-refractivity contribution in [1.82, 2.24) is 9.78 Å². The highest BCUT2D eigenvalue weighted by Gasteiger charge is 2.31. The summed E-state index contributed by atoms with van der Waals surface area (Å²) in [5, 5.41) is 8.61. The second-order valence-corrected chi connectivity index (χ2v) is 5.99. The molecule has 2 aromatic carbocycles. The lowest BCUT2D eigenvalue weighted by Gasteiger charge is -2.14. The summed E-state index contributed by atoms with van der Waals surface area (Å²) >= 11 is 0. The molecule has 0 unspecified atom stereocenters. The van der Waals surface area contributed by atoms with Crippen LogP contribution in [-0.2, 0) is 11.0 Å². The summed E-state index contributed by atoms with van der Waals surface area (Å²) < 4.78 is 54.0. The number of alkyl halides is 3. The fourth-order valence-electron chi connectivity index (χ4n) is 2.53. The van der Waals surface area contributed by atoms with Gasteiger partial charge in [0, 0.05) is 13.1 Å². The van der Waals surface area contributed by atoms with Crippen molar-refractivity contribution in [2.24, 2.45) is 0 Å². The molecule has 0 bridgehead atoms. The number of para-hydroxylation sites is 1. The van der Waals surface area contributed by atoms with E-state index in [0.717, 1.165) is 16.8 Å². The molecule has 3 aromatic rings. The molecular formula is C19H14F4N4O2. The Hall–Kier alpha value is -3.69. The van der Waals surface area contributed by atoms with E-state index in [1.165, 1.54) is 37.4 Å². The molecule has 0 aliphatic rings. The van der Waals surface area contributed by atoms with Gasteiger partial charge in [0.05, 0.1) is 16.9 Å². The second-order valence-electron chi connectivity index (χ2n) is 5.99. The van der Waals surface area contributed by atoms with E-state index in [0.29, 0.717) is 6.07 Å². The van der Waals surface area contributed by atoms with Crippen LogP contribution in [0.15, 0.2) is 54.7 Å². The zero-order chi connectivity index (χ0) is 21.2. The predicted octanol–water partition coefficient (Wildman–Crippen LogP) is 4.24. The molecule has 10 heteroatoms. The smallest absolute Gasteiger partial charge is 0.325 e. The van der Waals surface area contributed by atoms with Crippen molar-refractivity contribution >= 4 is 23.2 Å². The molecule has 150 valence electrons. The van der Waals surface area contributed by atoms with E-state index in [1.807, 2.05) is 0 Å². The monoisotopic (exact) mass is 406 g/mol. The predicted molar refractivity (Wildman–Crippen MR) is 97.2 cm³/mol. The third-order valence-electron chi connectivity index (χ3n) is 3.83. The van der Waals surface area contributed by atoms with Gasteiger partial charge in [-0.2, -0.15) is 18.3 Å². The van der Waals surface area contributed by atoms with Crippen molar-refractivity contribution in [2.75, 3.05) is 10.6 Å². The van der Waals surface area contributed by atoms with E-state index < -0.39 is 29.4 Å². The van der Waals surface area contributed by atoms with Gasteiger partial charge in [-0.3, -0.25) is 9.59 Å².